The van der Waals surface area contributed by atoms with Crippen molar-refractivity contribution in [1.82, 2.24) is 19.8 Å². The summed E-state index contributed by atoms with van der Waals surface area (Å²) in [6, 6.07) is 14.6. The Morgan fingerprint density at radius 1 is 1.06 bits per heavy atom. The Bertz CT molecular complexity index is 1210. The number of amides is 2. The number of carbonyl (C=O) groups is 2. The van der Waals surface area contributed by atoms with Gasteiger partial charge in [0, 0.05) is 25.6 Å². The highest BCUT2D eigenvalue weighted by Gasteiger charge is 2.32. The highest BCUT2D eigenvalue weighted by molar-refractivity contribution is 5.93. The number of hydrogen-bond acceptors (Lipinski definition) is 4. The Morgan fingerprint density at radius 2 is 1.75 bits per heavy atom. The number of halogens is 1. The third kappa shape index (κ3) is 5.18. The van der Waals surface area contributed by atoms with E-state index in [1.165, 1.54) is 17.7 Å². The third-order valence-corrected chi connectivity index (χ3v) is 7.23. The van der Waals surface area contributed by atoms with Crippen molar-refractivity contribution < 1.29 is 18.7 Å². The Balaban J connectivity index is 1.14. The molecule has 0 saturated carbocycles. The molecule has 0 spiro atoms. The topological polar surface area (TPSA) is 76.5 Å². The number of nitrogens with zero attached hydrogens (tertiary/aromatic N) is 3. The molecule has 1 fully saturated rings. The van der Waals surface area contributed by atoms with Gasteiger partial charge in [-0.25, -0.2) is 9.37 Å². The molecular weight excluding hydrogens is 459 g/mol. The van der Waals surface area contributed by atoms with Crippen LogP contribution in [0.15, 0.2) is 54.9 Å². The molecule has 5 rings (SSSR count). The first-order valence-electron chi connectivity index (χ1n) is 12.6. The molecule has 1 N–H and O–H groups in total. The van der Waals surface area contributed by atoms with Crippen molar-refractivity contribution in [2.24, 2.45) is 5.92 Å². The molecule has 3 heterocycles. The molecule has 36 heavy (non-hydrogen) atoms. The van der Waals surface area contributed by atoms with Crippen LogP contribution in [0.4, 0.5) is 4.39 Å². The fraction of sp³-hybridized carbons (Fsp3) is 0.393. The molecule has 1 aromatic heterocycles. The number of imidazole rings is 1. The minimum Gasteiger partial charge on any atom is -0.365 e. The van der Waals surface area contributed by atoms with Crippen LogP contribution < -0.4 is 5.32 Å². The molecule has 0 unspecified atom stereocenters. The normalized spacial score (nSPS) is 18.1. The molecule has 188 valence electrons. The van der Waals surface area contributed by atoms with Crippen molar-refractivity contribution in [2.75, 3.05) is 13.1 Å². The van der Waals surface area contributed by atoms with Crippen LogP contribution in [0.1, 0.15) is 58.7 Å². The van der Waals surface area contributed by atoms with Crippen LogP contribution in [0.2, 0.25) is 0 Å². The van der Waals surface area contributed by atoms with Gasteiger partial charge in [-0.15, -0.1) is 0 Å². The Morgan fingerprint density at radius 3 is 2.44 bits per heavy atom. The summed E-state index contributed by atoms with van der Waals surface area (Å²) in [6.07, 6.45) is 3.72. The van der Waals surface area contributed by atoms with Gasteiger partial charge in [-0.1, -0.05) is 43.3 Å². The summed E-state index contributed by atoms with van der Waals surface area (Å²) >= 11 is 0. The average molecular weight is 491 g/mol. The van der Waals surface area contributed by atoms with E-state index in [0.717, 1.165) is 23.2 Å². The molecule has 8 heteroatoms. The predicted molar refractivity (Wildman–Crippen MR) is 132 cm³/mol. The second kappa shape index (κ2) is 10.6. The van der Waals surface area contributed by atoms with Gasteiger partial charge < -0.3 is 19.5 Å². The summed E-state index contributed by atoms with van der Waals surface area (Å²) < 4.78 is 21.2. The van der Waals surface area contributed by atoms with E-state index in [0.29, 0.717) is 44.7 Å². The summed E-state index contributed by atoms with van der Waals surface area (Å²) in [7, 11) is 0. The quantitative estimate of drug-likeness (QED) is 0.566. The lowest BCUT2D eigenvalue weighted by Crippen LogP contribution is -2.43. The van der Waals surface area contributed by atoms with Gasteiger partial charge in [0.15, 0.2) is 5.69 Å². The van der Waals surface area contributed by atoms with Crippen LogP contribution in [-0.4, -0.2) is 39.4 Å². The molecule has 2 aromatic carbocycles. The fourth-order valence-corrected chi connectivity index (χ4v) is 4.91. The molecule has 1 saturated heterocycles. The maximum absolute atomic E-state index is 13.2. The SMILES string of the molecule is CCc1ccc(CNC(=O)C2CCN(C(=O)c3ncn4c3CO[C@@H](c3ccc(F)cc3)C4)CC2)cc1. The Labute approximate surface area is 210 Å². The maximum Gasteiger partial charge on any atom is 0.274 e. The smallest absolute Gasteiger partial charge is 0.274 e. The van der Waals surface area contributed by atoms with E-state index >= 15 is 0 Å². The molecule has 3 aromatic rings. The molecule has 0 radical (unpaired) electrons. The van der Waals surface area contributed by atoms with Gasteiger partial charge in [0.05, 0.1) is 25.2 Å². The number of rotatable bonds is 6. The summed E-state index contributed by atoms with van der Waals surface area (Å²) in [5.74, 6) is -0.461. The molecule has 2 aliphatic rings. The molecule has 7 nitrogen and oxygen atoms in total. The standard InChI is InChI=1S/C28H31FN4O3/c1-2-19-3-5-20(6-4-19)15-30-27(34)22-11-13-32(14-12-22)28(35)26-24-17-36-25(16-33(24)18-31-26)21-7-9-23(29)10-8-21/h3-10,18,22,25H,2,11-17H2,1H3,(H,30,34)/t25-/m1/s1. The monoisotopic (exact) mass is 490 g/mol. The van der Waals surface area contributed by atoms with E-state index in [2.05, 4.69) is 41.5 Å². The van der Waals surface area contributed by atoms with Crippen molar-refractivity contribution >= 4 is 11.8 Å². The van der Waals surface area contributed by atoms with E-state index in [1.807, 2.05) is 4.57 Å². The van der Waals surface area contributed by atoms with Gasteiger partial charge >= 0.3 is 0 Å². The number of piperidine rings is 1. The third-order valence-electron chi connectivity index (χ3n) is 7.23. The van der Waals surface area contributed by atoms with Gasteiger partial charge in [-0.2, -0.15) is 0 Å². The van der Waals surface area contributed by atoms with Crippen molar-refractivity contribution in [2.45, 2.75) is 52.0 Å². The predicted octanol–water partition coefficient (Wildman–Crippen LogP) is 4.02. The van der Waals surface area contributed by atoms with Crippen LogP contribution in [0.3, 0.4) is 0 Å². The molecular formula is C28H31FN4O3. The van der Waals surface area contributed by atoms with Crippen molar-refractivity contribution in [3.05, 3.63) is 88.8 Å². The number of aryl methyl sites for hydroxylation is 1. The minimum absolute atomic E-state index is 0.0428. The summed E-state index contributed by atoms with van der Waals surface area (Å²) in [6.45, 7) is 4.46. The Hall–Kier alpha value is -3.52. The van der Waals surface area contributed by atoms with E-state index in [4.69, 9.17) is 4.74 Å². The Kier molecular flexibility index (Phi) is 7.13. The van der Waals surface area contributed by atoms with Crippen LogP contribution in [0.5, 0.6) is 0 Å². The van der Waals surface area contributed by atoms with Crippen LogP contribution >= 0.6 is 0 Å². The van der Waals surface area contributed by atoms with Crippen molar-refractivity contribution in [3.63, 3.8) is 0 Å². The van der Waals surface area contributed by atoms with Crippen LogP contribution in [0, 0.1) is 11.7 Å². The summed E-state index contributed by atoms with van der Waals surface area (Å²) in [4.78, 5) is 32.1. The van der Waals surface area contributed by atoms with E-state index < -0.39 is 0 Å². The molecule has 0 aliphatic carbocycles. The average Bonchev–Trinajstić information content (AvgIpc) is 3.35. The molecule has 2 amide bonds. The first-order valence-corrected chi connectivity index (χ1v) is 12.6. The number of fused-ring (bicyclic) bond motifs is 1. The number of nitrogens with one attached hydrogen (secondary N) is 1. The summed E-state index contributed by atoms with van der Waals surface area (Å²) in [5.41, 5.74) is 4.42. The van der Waals surface area contributed by atoms with Gasteiger partial charge in [-0.05, 0) is 48.1 Å². The first kappa shape index (κ1) is 24.2. The largest absolute Gasteiger partial charge is 0.365 e. The van der Waals surface area contributed by atoms with Gasteiger partial charge in [0.2, 0.25) is 5.91 Å². The van der Waals surface area contributed by atoms with E-state index in [9.17, 15) is 14.0 Å². The number of likely N-dealkylation sites (tertiary alicyclic amines) is 1. The lowest BCUT2D eigenvalue weighted by molar-refractivity contribution is -0.126. The second-order valence-electron chi connectivity index (χ2n) is 9.50. The lowest BCUT2D eigenvalue weighted by Gasteiger charge is -2.31. The van der Waals surface area contributed by atoms with Crippen LogP contribution in [0.25, 0.3) is 0 Å². The van der Waals surface area contributed by atoms with Gasteiger partial charge in [0.1, 0.15) is 11.9 Å². The first-order chi connectivity index (χ1) is 17.5. The second-order valence-corrected chi connectivity index (χ2v) is 9.50. The number of aromatic nitrogens is 2. The fourth-order valence-electron chi connectivity index (χ4n) is 4.91. The molecule has 0 bridgehead atoms. The highest BCUT2D eigenvalue weighted by atomic mass is 19.1. The zero-order valence-electron chi connectivity index (χ0n) is 20.5. The number of hydrogen-bond donors (Lipinski definition) is 1. The summed E-state index contributed by atoms with van der Waals surface area (Å²) in [5, 5.41) is 3.04. The molecule has 1 atom stereocenters. The molecule has 2 aliphatic heterocycles. The maximum atomic E-state index is 13.2. The highest BCUT2D eigenvalue weighted by Crippen LogP contribution is 2.29. The minimum atomic E-state index is -0.284. The van der Waals surface area contributed by atoms with Crippen molar-refractivity contribution in [3.8, 4) is 0 Å². The zero-order chi connectivity index (χ0) is 25.1. The zero-order valence-corrected chi connectivity index (χ0v) is 20.5. The number of carbonyl (C=O) groups excluding carboxylic acids is 2. The lowest BCUT2D eigenvalue weighted by atomic mass is 9.95. The van der Waals surface area contributed by atoms with Gasteiger partial charge in [-0.3, -0.25) is 9.59 Å². The van der Waals surface area contributed by atoms with Crippen molar-refractivity contribution in [1.29, 1.82) is 0 Å². The number of benzene rings is 2. The number of ether oxygens (including phenoxy) is 1. The van der Waals surface area contributed by atoms with E-state index in [1.54, 1.807) is 23.4 Å². The van der Waals surface area contributed by atoms with E-state index in [-0.39, 0.29) is 36.3 Å². The van der Waals surface area contributed by atoms with Crippen LogP contribution in [-0.2, 0) is 35.6 Å². The van der Waals surface area contributed by atoms with Gasteiger partial charge in [0.25, 0.3) is 5.91 Å².